The van der Waals surface area contributed by atoms with Crippen molar-refractivity contribution < 1.29 is 4.74 Å². The lowest BCUT2D eigenvalue weighted by Crippen LogP contribution is -2.11. The first-order valence-electron chi connectivity index (χ1n) is 1.80. The predicted molar refractivity (Wildman–Crippen MR) is 30.5 cm³/mol. The van der Waals surface area contributed by atoms with Crippen molar-refractivity contribution in [2.45, 2.75) is 0 Å². The number of hydrazine groups is 1. The summed E-state index contributed by atoms with van der Waals surface area (Å²) in [5, 5.41) is 0. The Hall–Kier alpha value is -0.540. The van der Waals surface area contributed by atoms with Crippen LogP contribution in [0.25, 0.3) is 0 Å². The lowest BCUT2D eigenvalue weighted by atomic mass is 11.1. The molecule has 3 N–H and O–H groups in total. The summed E-state index contributed by atoms with van der Waals surface area (Å²) in [6, 6.07) is 0. The van der Waals surface area contributed by atoms with E-state index in [2.05, 4.69) is 22.6 Å². The third-order valence-corrected chi connectivity index (χ3v) is 0.118. The Morgan fingerprint density at radius 1 is 1.71 bits per heavy atom. The van der Waals surface area contributed by atoms with E-state index in [4.69, 9.17) is 0 Å². The highest BCUT2D eigenvalue weighted by atomic mass is 16.4. The Morgan fingerprint density at radius 3 is 1.86 bits per heavy atom. The van der Waals surface area contributed by atoms with Gasteiger partial charge in [0.2, 0.25) is 0 Å². The van der Waals surface area contributed by atoms with Gasteiger partial charge in [-0.3, -0.25) is 5.84 Å². The minimum absolute atomic E-state index is 1.40. The maximum Gasteiger partial charge on any atom is 0.0351 e. The first-order valence-corrected chi connectivity index (χ1v) is 1.80. The van der Waals surface area contributed by atoms with E-state index in [0.717, 1.165) is 0 Å². The van der Waals surface area contributed by atoms with Crippen molar-refractivity contribution in [3.63, 3.8) is 0 Å². The van der Waals surface area contributed by atoms with Crippen LogP contribution in [0.5, 0.6) is 0 Å². The molecule has 0 rings (SSSR count). The van der Waals surface area contributed by atoms with E-state index >= 15 is 0 Å². The molecule has 0 aromatic rings. The van der Waals surface area contributed by atoms with E-state index in [-0.39, 0.29) is 0 Å². The van der Waals surface area contributed by atoms with Gasteiger partial charge in [0.1, 0.15) is 0 Å². The molecule has 0 saturated carbocycles. The summed E-state index contributed by atoms with van der Waals surface area (Å²) in [7, 11) is 3.25. The minimum Gasteiger partial charge on any atom is -0.388 e. The highest BCUT2D eigenvalue weighted by Crippen LogP contribution is 1.28. The fourth-order valence-electron chi connectivity index (χ4n) is 0. The first kappa shape index (κ1) is 9.68. The molecular weight excluding hydrogens is 92.1 g/mol. The van der Waals surface area contributed by atoms with Gasteiger partial charge in [0, 0.05) is 20.4 Å². The number of rotatable bonds is 1. The molecule has 0 aliphatic carbocycles. The van der Waals surface area contributed by atoms with Crippen molar-refractivity contribution in [2.24, 2.45) is 5.84 Å². The summed E-state index contributed by atoms with van der Waals surface area (Å²) < 4.78 is 4.25. The van der Waals surface area contributed by atoms with Crippen LogP contribution in [0.3, 0.4) is 0 Å². The Morgan fingerprint density at radius 2 is 1.86 bits per heavy atom. The molecule has 0 spiro atoms. The van der Waals surface area contributed by atoms with Gasteiger partial charge in [0.15, 0.2) is 0 Å². The monoisotopic (exact) mass is 104 g/mol. The van der Waals surface area contributed by atoms with Crippen LogP contribution in [0.1, 0.15) is 0 Å². The third kappa shape index (κ3) is 309. The predicted octanol–water partition coefficient (Wildman–Crippen LogP) is -0.144. The summed E-state index contributed by atoms with van der Waals surface area (Å²) in [6.07, 6.45) is 1.40. The van der Waals surface area contributed by atoms with Gasteiger partial charge in [-0.25, -0.2) is 0 Å². The fraction of sp³-hybridized carbons (Fsp3) is 0.500. The zero-order valence-corrected chi connectivity index (χ0v) is 4.77. The molecule has 0 aliphatic heterocycles. The Balaban J connectivity index is 0. The average Bonchev–Trinajstić information content (AvgIpc) is 1.69. The first-order chi connectivity index (χ1) is 3.33. The molecule has 3 heteroatoms. The molecule has 7 heavy (non-hydrogen) atoms. The summed E-state index contributed by atoms with van der Waals surface area (Å²) in [6.45, 7) is 3.24. The molecule has 0 radical (unpaired) electrons. The number of hydrogen-bond acceptors (Lipinski definition) is 3. The van der Waals surface area contributed by atoms with Gasteiger partial charge in [0.05, 0.1) is 0 Å². The van der Waals surface area contributed by atoms with E-state index in [1.165, 1.54) is 6.20 Å². The van der Waals surface area contributed by atoms with Crippen molar-refractivity contribution in [3.8, 4) is 0 Å². The van der Waals surface area contributed by atoms with Crippen molar-refractivity contribution >= 4 is 0 Å². The van der Waals surface area contributed by atoms with Gasteiger partial charge in [-0.2, -0.15) is 0 Å². The molecule has 0 aromatic carbocycles. The molecule has 0 aliphatic rings. The molecule has 0 aromatic heterocycles. The van der Waals surface area contributed by atoms with Crippen LogP contribution in [-0.2, 0) is 4.74 Å². The van der Waals surface area contributed by atoms with Crippen molar-refractivity contribution in [3.05, 3.63) is 12.8 Å². The lowest BCUT2D eigenvalue weighted by Gasteiger charge is -1.72. The maximum atomic E-state index is 4.66. The van der Waals surface area contributed by atoms with E-state index < -0.39 is 0 Å². The number of ether oxygens (including phenoxy) is 1. The van der Waals surface area contributed by atoms with Crippen LogP contribution in [0.15, 0.2) is 12.8 Å². The van der Waals surface area contributed by atoms with Gasteiger partial charge in [-0.1, -0.05) is 6.58 Å². The minimum atomic E-state index is 1.40. The smallest absolute Gasteiger partial charge is 0.0351 e. The van der Waals surface area contributed by atoms with Gasteiger partial charge < -0.3 is 10.2 Å². The van der Waals surface area contributed by atoms with Crippen LogP contribution in [0, 0.1) is 0 Å². The Kier molecular flexibility index (Phi) is 24.8. The summed E-state index contributed by atoms with van der Waals surface area (Å²) in [4.78, 5) is 0. The SMILES string of the molecule is C=CNN.COC. The highest BCUT2D eigenvalue weighted by molar-refractivity contribution is 4.53. The second kappa shape index (κ2) is 17.9. The largest absolute Gasteiger partial charge is 0.388 e. The molecule has 3 nitrogen and oxygen atoms in total. The van der Waals surface area contributed by atoms with Crippen LogP contribution < -0.4 is 11.3 Å². The quantitative estimate of drug-likeness (QED) is 0.359. The summed E-state index contributed by atoms with van der Waals surface area (Å²) >= 11 is 0. The number of nitrogens with two attached hydrogens (primary N) is 1. The zero-order chi connectivity index (χ0) is 6.12. The van der Waals surface area contributed by atoms with E-state index in [1.54, 1.807) is 14.2 Å². The Bertz CT molecular complexity index is 30.9. The van der Waals surface area contributed by atoms with Gasteiger partial charge >= 0.3 is 0 Å². The average molecular weight is 104 g/mol. The van der Waals surface area contributed by atoms with Crippen LogP contribution >= 0.6 is 0 Å². The molecule has 0 amide bonds. The number of hydrogen-bond donors (Lipinski definition) is 2. The maximum absolute atomic E-state index is 4.66. The molecule has 44 valence electrons. The van der Waals surface area contributed by atoms with E-state index in [9.17, 15) is 0 Å². The van der Waals surface area contributed by atoms with Gasteiger partial charge in [-0.05, 0) is 0 Å². The van der Waals surface area contributed by atoms with Gasteiger partial charge in [-0.15, -0.1) is 0 Å². The van der Waals surface area contributed by atoms with Crippen LogP contribution in [-0.4, -0.2) is 14.2 Å². The van der Waals surface area contributed by atoms with Crippen molar-refractivity contribution in [1.29, 1.82) is 0 Å². The number of nitrogens with one attached hydrogen (secondary N) is 1. The normalized spacial score (nSPS) is 5.57. The lowest BCUT2D eigenvalue weighted by molar-refractivity contribution is 0.277. The van der Waals surface area contributed by atoms with Crippen molar-refractivity contribution in [1.82, 2.24) is 5.43 Å². The second-order valence-electron chi connectivity index (χ2n) is 0.779. The Labute approximate surface area is 44.1 Å². The fourth-order valence-corrected chi connectivity index (χ4v) is 0. The van der Waals surface area contributed by atoms with Gasteiger partial charge in [0.25, 0.3) is 0 Å². The summed E-state index contributed by atoms with van der Waals surface area (Å²) in [5.74, 6) is 4.66. The second-order valence-corrected chi connectivity index (χ2v) is 0.779. The third-order valence-electron chi connectivity index (χ3n) is 0.118. The highest BCUT2D eigenvalue weighted by Gasteiger charge is 1.33. The molecule has 0 bridgehead atoms. The van der Waals surface area contributed by atoms with Crippen LogP contribution in [0.2, 0.25) is 0 Å². The summed E-state index contributed by atoms with van der Waals surface area (Å²) in [5.41, 5.74) is 2.19. The topological polar surface area (TPSA) is 47.3 Å². The molecule has 0 saturated heterocycles. The molecular formula is C4H12N2O. The zero-order valence-electron chi connectivity index (χ0n) is 4.77. The standard InChI is InChI=1S/C2H6N2.C2H6O/c1-2-4-3;1-3-2/h2,4H,1,3H2;1-2H3. The molecule has 0 atom stereocenters. The molecule has 0 fully saturated rings. The molecule has 0 heterocycles. The molecule has 0 unspecified atom stereocenters. The number of methoxy groups -OCH3 is 1. The van der Waals surface area contributed by atoms with Crippen LogP contribution in [0.4, 0.5) is 0 Å². The van der Waals surface area contributed by atoms with E-state index in [0.29, 0.717) is 0 Å². The van der Waals surface area contributed by atoms with E-state index in [1.807, 2.05) is 0 Å². The van der Waals surface area contributed by atoms with Crippen molar-refractivity contribution in [2.75, 3.05) is 14.2 Å².